The molecular weight excluding hydrogens is 214 g/mol. The molecule has 0 amide bonds. The zero-order valence-electron chi connectivity index (χ0n) is 9.70. The highest BCUT2D eigenvalue weighted by Crippen LogP contribution is 2.17. The number of hydrogen-bond acceptors (Lipinski definition) is 3. The molecule has 0 fully saturated rings. The molecule has 86 valence electrons. The molecule has 0 aliphatic rings. The van der Waals surface area contributed by atoms with Crippen LogP contribution in [0.4, 0.5) is 0 Å². The molecule has 0 aliphatic heterocycles. The molecule has 0 saturated carbocycles. The van der Waals surface area contributed by atoms with E-state index in [0.29, 0.717) is 24.4 Å². The van der Waals surface area contributed by atoms with E-state index in [1.807, 2.05) is 18.4 Å². The third kappa shape index (κ3) is 3.18. The Kier molecular flexibility index (Phi) is 4.54. The summed E-state index contributed by atoms with van der Waals surface area (Å²) in [5.41, 5.74) is 0. The van der Waals surface area contributed by atoms with Crippen LogP contribution in [0.3, 0.4) is 0 Å². The van der Waals surface area contributed by atoms with Crippen LogP contribution in [0.1, 0.15) is 39.4 Å². The second kappa shape index (κ2) is 5.47. The topological polar surface area (TPSA) is 39.9 Å². The summed E-state index contributed by atoms with van der Waals surface area (Å²) in [6.07, 6.45) is 0.126. The average Bonchev–Trinajstić information content (AvgIpc) is 2.48. The van der Waals surface area contributed by atoms with Gasteiger partial charge in [-0.3, -0.25) is 4.57 Å². The Labute approximate surface area is 95.6 Å². The van der Waals surface area contributed by atoms with E-state index in [9.17, 15) is 0 Å². The minimum absolute atomic E-state index is 0.126. The molecule has 0 spiro atoms. The van der Waals surface area contributed by atoms with Gasteiger partial charge in [-0.15, -0.1) is 10.2 Å². The quantitative estimate of drug-likeness (QED) is 0.782. The number of nitrogens with zero attached hydrogens (tertiary/aromatic N) is 3. The van der Waals surface area contributed by atoms with Gasteiger partial charge in [0, 0.05) is 12.5 Å². The molecule has 0 aromatic carbocycles. The van der Waals surface area contributed by atoms with E-state index < -0.39 is 0 Å². The van der Waals surface area contributed by atoms with Crippen molar-refractivity contribution in [2.45, 2.75) is 46.3 Å². The van der Waals surface area contributed by atoms with Gasteiger partial charge in [0.1, 0.15) is 5.82 Å². The van der Waals surface area contributed by atoms with Crippen LogP contribution in [-0.4, -0.2) is 27.5 Å². The molecule has 0 bridgehead atoms. The number of hydrogen-bond donors (Lipinski definition) is 0. The standard InChI is InChI=1S/C10H18ClN3O/c1-5-15-8(4)6-14-9(7(2)3)12-13-10(14)11/h7-8H,5-6H2,1-4H3. The van der Waals surface area contributed by atoms with Crippen LogP contribution >= 0.6 is 11.6 Å². The summed E-state index contributed by atoms with van der Waals surface area (Å²) < 4.78 is 7.38. The highest BCUT2D eigenvalue weighted by Gasteiger charge is 2.15. The van der Waals surface area contributed by atoms with Gasteiger partial charge in [0.15, 0.2) is 0 Å². The lowest BCUT2D eigenvalue weighted by molar-refractivity contribution is 0.0633. The Balaban J connectivity index is 2.78. The van der Waals surface area contributed by atoms with Crippen molar-refractivity contribution < 1.29 is 4.74 Å². The maximum Gasteiger partial charge on any atom is 0.225 e. The molecule has 4 nitrogen and oxygen atoms in total. The lowest BCUT2D eigenvalue weighted by Gasteiger charge is -2.15. The van der Waals surface area contributed by atoms with Gasteiger partial charge < -0.3 is 4.74 Å². The van der Waals surface area contributed by atoms with Gasteiger partial charge in [-0.05, 0) is 25.4 Å². The van der Waals surface area contributed by atoms with Gasteiger partial charge in [-0.2, -0.15) is 0 Å². The zero-order chi connectivity index (χ0) is 11.4. The third-order valence-corrected chi connectivity index (χ3v) is 2.42. The Bertz CT molecular complexity index is 312. The Morgan fingerprint density at radius 2 is 2.00 bits per heavy atom. The molecule has 0 radical (unpaired) electrons. The number of rotatable bonds is 5. The molecule has 1 rings (SSSR count). The normalized spacial score (nSPS) is 13.5. The fraction of sp³-hybridized carbons (Fsp3) is 0.800. The van der Waals surface area contributed by atoms with Crippen LogP contribution in [0.5, 0.6) is 0 Å². The van der Waals surface area contributed by atoms with Crippen molar-refractivity contribution in [2.75, 3.05) is 6.61 Å². The highest BCUT2D eigenvalue weighted by atomic mass is 35.5. The largest absolute Gasteiger partial charge is 0.377 e. The summed E-state index contributed by atoms with van der Waals surface area (Å²) in [6.45, 7) is 9.55. The summed E-state index contributed by atoms with van der Waals surface area (Å²) in [5, 5.41) is 8.36. The summed E-state index contributed by atoms with van der Waals surface area (Å²) in [4.78, 5) is 0. The highest BCUT2D eigenvalue weighted by molar-refractivity contribution is 6.28. The van der Waals surface area contributed by atoms with Gasteiger partial charge in [-0.1, -0.05) is 13.8 Å². The predicted octanol–water partition coefficient (Wildman–Crippen LogP) is 2.48. The average molecular weight is 232 g/mol. The molecule has 15 heavy (non-hydrogen) atoms. The maximum absolute atomic E-state index is 5.97. The van der Waals surface area contributed by atoms with Crippen LogP contribution in [0.25, 0.3) is 0 Å². The van der Waals surface area contributed by atoms with Crippen molar-refractivity contribution >= 4 is 11.6 Å². The summed E-state index contributed by atoms with van der Waals surface area (Å²) in [6, 6.07) is 0. The molecule has 1 heterocycles. The molecule has 1 atom stereocenters. The van der Waals surface area contributed by atoms with E-state index in [1.54, 1.807) is 0 Å². The van der Waals surface area contributed by atoms with Crippen molar-refractivity contribution in [1.82, 2.24) is 14.8 Å². The second-order valence-electron chi connectivity index (χ2n) is 3.86. The molecule has 0 saturated heterocycles. The Morgan fingerprint density at radius 3 is 2.53 bits per heavy atom. The van der Waals surface area contributed by atoms with E-state index >= 15 is 0 Å². The van der Waals surface area contributed by atoms with Crippen LogP contribution in [0.2, 0.25) is 5.28 Å². The number of aromatic nitrogens is 3. The molecule has 1 aromatic heterocycles. The maximum atomic E-state index is 5.97. The van der Waals surface area contributed by atoms with Gasteiger partial charge in [0.2, 0.25) is 5.28 Å². The van der Waals surface area contributed by atoms with E-state index in [1.165, 1.54) is 0 Å². The van der Waals surface area contributed by atoms with Crippen molar-refractivity contribution in [3.63, 3.8) is 0 Å². The van der Waals surface area contributed by atoms with Crippen molar-refractivity contribution in [3.8, 4) is 0 Å². The molecule has 0 aliphatic carbocycles. The monoisotopic (exact) mass is 231 g/mol. The minimum atomic E-state index is 0.126. The molecule has 1 aromatic rings. The lowest BCUT2D eigenvalue weighted by atomic mass is 10.2. The summed E-state index contributed by atoms with van der Waals surface area (Å²) in [5.74, 6) is 1.23. The summed E-state index contributed by atoms with van der Waals surface area (Å²) in [7, 11) is 0. The van der Waals surface area contributed by atoms with E-state index in [-0.39, 0.29) is 6.10 Å². The first-order chi connectivity index (χ1) is 7.06. The zero-order valence-corrected chi connectivity index (χ0v) is 10.5. The fourth-order valence-electron chi connectivity index (χ4n) is 1.49. The molecule has 0 N–H and O–H groups in total. The first-order valence-corrected chi connectivity index (χ1v) is 5.64. The van der Waals surface area contributed by atoms with E-state index in [2.05, 4.69) is 24.0 Å². The van der Waals surface area contributed by atoms with Crippen LogP contribution < -0.4 is 0 Å². The Morgan fingerprint density at radius 1 is 1.33 bits per heavy atom. The fourth-order valence-corrected chi connectivity index (χ4v) is 1.68. The number of halogens is 1. The van der Waals surface area contributed by atoms with Gasteiger partial charge in [0.05, 0.1) is 12.6 Å². The molecule has 1 unspecified atom stereocenters. The lowest BCUT2D eigenvalue weighted by Crippen LogP contribution is -2.18. The molecule has 5 heteroatoms. The molecular formula is C10H18ClN3O. The van der Waals surface area contributed by atoms with Crippen molar-refractivity contribution in [2.24, 2.45) is 0 Å². The number of ether oxygens (including phenoxy) is 1. The Hall–Kier alpha value is -0.610. The van der Waals surface area contributed by atoms with Crippen LogP contribution in [0.15, 0.2) is 0 Å². The van der Waals surface area contributed by atoms with E-state index in [0.717, 1.165) is 5.82 Å². The third-order valence-electron chi connectivity index (χ3n) is 2.14. The SMILES string of the molecule is CCOC(C)Cn1c(Cl)nnc1C(C)C. The predicted molar refractivity (Wildman–Crippen MR) is 60.2 cm³/mol. The van der Waals surface area contributed by atoms with Crippen LogP contribution in [0, 0.1) is 0 Å². The summed E-state index contributed by atoms with van der Waals surface area (Å²) >= 11 is 5.97. The first kappa shape index (κ1) is 12.5. The second-order valence-corrected chi connectivity index (χ2v) is 4.20. The van der Waals surface area contributed by atoms with E-state index in [4.69, 9.17) is 16.3 Å². The van der Waals surface area contributed by atoms with Gasteiger partial charge in [0.25, 0.3) is 0 Å². The van der Waals surface area contributed by atoms with Crippen molar-refractivity contribution in [1.29, 1.82) is 0 Å². The van der Waals surface area contributed by atoms with Gasteiger partial charge in [-0.25, -0.2) is 0 Å². The first-order valence-electron chi connectivity index (χ1n) is 5.26. The minimum Gasteiger partial charge on any atom is -0.377 e. The van der Waals surface area contributed by atoms with Gasteiger partial charge >= 0.3 is 0 Å². The van der Waals surface area contributed by atoms with Crippen LogP contribution in [-0.2, 0) is 11.3 Å². The van der Waals surface area contributed by atoms with Crippen molar-refractivity contribution in [3.05, 3.63) is 11.1 Å². The smallest absolute Gasteiger partial charge is 0.225 e.